The standard InChI is InChI=1S/C27H29FN4O2/c28-24-10-9-19(12-25-21-3-1-2-4-22(21)26(33)30-29-25)11-23(24)27(34)32-15-20(16-32)31(13-17-5-6-17)14-18-7-8-18/h1-4,9-11,17-18,20H,5-8,12-16H2,(H,30,33). The first-order chi connectivity index (χ1) is 16.5. The SMILES string of the molecule is O=C(c1cc(Cc2n[nH]c(=O)c3ccccc23)ccc1F)N1CC(N(CC2CC2)CC2CC2)C1. The zero-order chi connectivity index (χ0) is 23.2. The highest BCUT2D eigenvalue weighted by Crippen LogP contribution is 2.36. The summed E-state index contributed by atoms with van der Waals surface area (Å²) in [7, 11) is 0. The summed E-state index contributed by atoms with van der Waals surface area (Å²) < 4.78 is 14.7. The molecule has 1 N–H and O–H groups in total. The lowest BCUT2D eigenvalue weighted by molar-refractivity contribution is 0.0229. The van der Waals surface area contributed by atoms with Crippen LogP contribution in [0.1, 0.15) is 47.3 Å². The average molecular weight is 461 g/mol. The minimum absolute atomic E-state index is 0.112. The minimum Gasteiger partial charge on any atom is -0.335 e. The first-order valence-electron chi connectivity index (χ1n) is 12.3. The van der Waals surface area contributed by atoms with Crippen LogP contribution in [0.5, 0.6) is 0 Å². The Bertz CT molecular complexity index is 1280. The van der Waals surface area contributed by atoms with E-state index in [9.17, 15) is 14.0 Å². The number of rotatable bonds is 8. The van der Waals surface area contributed by atoms with E-state index in [0.29, 0.717) is 36.6 Å². The maximum absolute atomic E-state index is 14.7. The number of amides is 1. The van der Waals surface area contributed by atoms with Crippen LogP contribution in [0.2, 0.25) is 0 Å². The van der Waals surface area contributed by atoms with Gasteiger partial charge < -0.3 is 4.90 Å². The third-order valence-corrected chi connectivity index (χ3v) is 7.45. The highest BCUT2D eigenvalue weighted by Gasteiger charge is 2.40. The van der Waals surface area contributed by atoms with Gasteiger partial charge in [-0.2, -0.15) is 5.10 Å². The van der Waals surface area contributed by atoms with Crippen LogP contribution in [0.25, 0.3) is 10.8 Å². The molecule has 0 bridgehead atoms. The van der Waals surface area contributed by atoms with Crippen LogP contribution in [0.15, 0.2) is 47.3 Å². The molecule has 6 rings (SSSR count). The van der Waals surface area contributed by atoms with Crippen molar-refractivity contribution in [1.29, 1.82) is 0 Å². The second kappa shape index (κ2) is 8.62. The number of hydrogen-bond donors (Lipinski definition) is 1. The Hall–Kier alpha value is -3.06. The van der Waals surface area contributed by atoms with Gasteiger partial charge in [-0.05, 0) is 61.3 Å². The summed E-state index contributed by atoms with van der Waals surface area (Å²) in [4.78, 5) is 29.6. The minimum atomic E-state index is -0.496. The molecule has 3 aliphatic rings. The normalized spacial score (nSPS) is 18.5. The molecule has 1 aromatic heterocycles. The number of benzene rings is 2. The molecule has 7 heteroatoms. The molecule has 2 aromatic carbocycles. The van der Waals surface area contributed by atoms with Crippen LogP contribution in [0.4, 0.5) is 4.39 Å². The van der Waals surface area contributed by atoms with Gasteiger partial charge in [-0.3, -0.25) is 14.5 Å². The molecular formula is C27H29FN4O2. The Balaban J connectivity index is 1.17. The zero-order valence-electron chi connectivity index (χ0n) is 19.2. The Morgan fingerprint density at radius 2 is 1.71 bits per heavy atom. The van der Waals surface area contributed by atoms with Crippen molar-refractivity contribution in [3.63, 3.8) is 0 Å². The number of aromatic amines is 1. The largest absolute Gasteiger partial charge is 0.335 e. The molecule has 1 amide bonds. The summed E-state index contributed by atoms with van der Waals surface area (Å²) in [6.45, 7) is 3.64. The van der Waals surface area contributed by atoms with E-state index < -0.39 is 5.82 Å². The van der Waals surface area contributed by atoms with E-state index in [0.717, 1.165) is 35.9 Å². The third kappa shape index (κ3) is 4.37. The Morgan fingerprint density at radius 1 is 1.03 bits per heavy atom. The monoisotopic (exact) mass is 460 g/mol. The second-order valence-corrected chi connectivity index (χ2v) is 10.2. The van der Waals surface area contributed by atoms with Crippen molar-refractivity contribution in [1.82, 2.24) is 20.0 Å². The molecule has 0 spiro atoms. The van der Waals surface area contributed by atoms with Crippen molar-refractivity contribution in [2.24, 2.45) is 11.8 Å². The summed E-state index contributed by atoms with van der Waals surface area (Å²) >= 11 is 0. The molecule has 3 fully saturated rings. The second-order valence-electron chi connectivity index (χ2n) is 10.2. The molecule has 0 atom stereocenters. The topological polar surface area (TPSA) is 69.3 Å². The number of aromatic nitrogens is 2. The molecular weight excluding hydrogens is 431 g/mol. The van der Waals surface area contributed by atoms with Gasteiger partial charge in [0.1, 0.15) is 5.82 Å². The fourth-order valence-electron chi connectivity index (χ4n) is 5.01. The number of H-pyrrole nitrogens is 1. The summed E-state index contributed by atoms with van der Waals surface area (Å²) in [5, 5.41) is 8.09. The Kier molecular flexibility index (Phi) is 5.44. The molecule has 1 saturated heterocycles. The first-order valence-corrected chi connectivity index (χ1v) is 12.3. The van der Waals surface area contributed by atoms with Crippen LogP contribution < -0.4 is 5.56 Å². The molecule has 2 aliphatic carbocycles. The molecule has 3 aromatic rings. The van der Waals surface area contributed by atoms with Gasteiger partial charge in [0, 0.05) is 44.0 Å². The number of fused-ring (bicyclic) bond motifs is 1. The van der Waals surface area contributed by atoms with Gasteiger partial charge in [0.05, 0.1) is 16.6 Å². The van der Waals surface area contributed by atoms with E-state index in [1.807, 2.05) is 18.2 Å². The van der Waals surface area contributed by atoms with Gasteiger partial charge in [-0.15, -0.1) is 0 Å². The molecule has 2 heterocycles. The highest BCUT2D eigenvalue weighted by molar-refractivity contribution is 5.95. The molecule has 0 unspecified atom stereocenters. The lowest BCUT2D eigenvalue weighted by atomic mass is 10.00. The fraction of sp³-hybridized carbons (Fsp3) is 0.444. The lowest BCUT2D eigenvalue weighted by Gasteiger charge is -2.45. The van der Waals surface area contributed by atoms with Crippen LogP contribution >= 0.6 is 0 Å². The van der Waals surface area contributed by atoms with Gasteiger partial charge in [0.2, 0.25) is 0 Å². The number of halogens is 1. The maximum atomic E-state index is 14.7. The number of hydrogen-bond acceptors (Lipinski definition) is 4. The molecule has 176 valence electrons. The van der Waals surface area contributed by atoms with E-state index in [4.69, 9.17) is 0 Å². The van der Waals surface area contributed by atoms with Gasteiger partial charge in [-0.25, -0.2) is 9.49 Å². The van der Waals surface area contributed by atoms with Crippen molar-refractivity contribution in [2.75, 3.05) is 26.2 Å². The number of nitrogens with zero attached hydrogens (tertiary/aromatic N) is 3. The van der Waals surface area contributed by atoms with Crippen molar-refractivity contribution in [2.45, 2.75) is 38.1 Å². The summed E-state index contributed by atoms with van der Waals surface area (Å²) in [6.07, 6.45) is 5.71. The number of likely N-dealkylation sites (tertiary alicyclic amines) is 1. The summed E-state index contributed by atoms with van der Waals surface area (Å²) in [6, 6.07) is 12.4. The van der Waals surface area contributed by atoms with E-state index >= 15 is 0 Å². The van der Waals surface area contributed by atoms with Crippen molar-refractivity contribution >= 4 is 16.7 Å². The molecule has 34 heavy (non-hydrogen) atoms. The molecule has 6 nitrogen and oxygen atoms in total. The highest BCUT2D eigenvalue weighted by atomic mass is 19.1. The van der Waals surface area contributed by atoms with E-state index in [-0.39, 0.29) is 17.0 Å². The molecule has 0 radical (unpaired) electrons. The quantitative estimate of drug-likeness (QED) is 0.558. The fourth-order valence-corrected chi connectivity index (χ4v) is 5.01. The van der Waals surface area contributed by atoms with Crippen LogP contribution in [0, 0.1) is 17.7 Å². The van der Waals surface area contributed by atoms with Gasteiger partial charge >= 0.3 is 0 Å². The van der Waals surface area contributed by atoms with Crippen molar-refractivity contribution in [3.05, 3.63) is 75.5 Å². The van der Waals surface area contributed by atoms with Crippen molar-refractivity contribution in [3.8, 4) is 0 Å². The smallest absolute Gasteiger partial charge is 0.272 e. The lowest BCUT2D eigenvalue weighted by Crippen LogP contribution is -2.61. The zero-order valence-corrected chi connectivity index (χ0v) is 19.2. The van der Waals surface area contributed by atoms with Crippen LogP contribution in [-0.2, 0) is 6.42 Å². The molecule has 1 aliphatic heterocycles. The maximum Gasteiger partial charge on any atom is 0.272 e. The van der Waals surface area contributed by atoms with E-state index in [2.05, 4.69) is 15.1 Å². The number of carbonyl (C=O) groups is 1. The van der Waals surface area contributed by atoms with Crippen molar-refractivity contribution < 1.29 is 9.18 Å². The van der Waals surface area contributed by atoms with E-state index in [1.54, 1.807) is 23.1 Å². The molecule has 2 saturated carbocycles. The predicted molar refractivity (Wildman–Crippen MR) is 128 cm³/mol. The van der Waals surface area contributed by atoms with Gasteiger partial charge in [0.25, 0.3) is 11.5 Å². The first kappa shape index (κ1) is 21.5. The predicted octanol–water partition coefficient (Wildman–Crippen LogP) is 3.60. The average Bonchev–Trinajstić information content (AvgIpc) is 3.73. The third-order valence-electron chi connectivity index (χ3n) is 7.45. The Labute approximate surface area is 197 Å². The Morgan fingerprint density at radius 3 is 2.38 bits per heavy atom. The van der Waals surface area contributed by atoms with Gasteiger partial charge in [-0.1, -0.05) is 24.3 Å². The number of nitrogens with one attached hydrogen (secondary N) is 1. The number of carbonyl (C=O) groups excluding carboxylic acids is 1. The van der Waals surface area contributed by atoms with Crippen LogP contribution in [0.3, 0.4) is 0 Å². The summed E-state index contributed by atoms with van der Waals surface area (Å²) in [5.74, 6) is 0.919. The summed E-state index contributed by atoms with van der Waals surface area (Å²) in [5.41, 5.74) is 1.36. The van der Waals surface area contributed by atoms with Crippen LogP contribution in [-0.4, -0.2) is 58.1 Å². The van der Waals surface area contributed by atoms with E-state index in [1.165, 1.54) is 31.7 Å². The van der Waals surface area contributed by atoms with Gasteiger partial charge in [0.15, 0.2) is 0 Å².